The van der Waals surface area contributed by atoms with Crippen molar-refractivity contribution >= 4 is 11.6 Å². The van der Waals surface area contributed by atoms with Crippen molar-refractivity contribution in [1.82, 2.24) is 9.97 Å². The van der Waals surface area contributed by atoms with Gasteiger partial charge < -0.3 is 20.9 Å². The van der Waals surface area contributed by atoms with Crippen molar-refractivity contribution in [1.29, 1.82) is 0 Å². The number of nitrogens with one attached hydrogen (secondary N) is 1. The van der Waals surface area contributed by atoms with Gasteiger partial charge in [-0.15, -0.1) is 0 Å². The van der Waals surface area contributed by atoms with E-state index in [0.29, 0.717) is 18.2 Å². The topological polar surface area (TPSA) is 93.3 Å². The Bertz CT molecular complexity index is 265. The molecule has 4 N–H and O–H groups in total. The SMILES string of the molecule is COCC(O)CNc1ncc(N)cn1. The fourth-order valence-corrected chi connectivity index (χ4v) is 0.890. The van der Waals surface area contributed by atoms with Gasteiger partial charge in [0.05, 0.1) is 30.8 Å². The van der Waals surface area contributed by atoms with Gasteiger partial charge in [0.1, 0.15) is 0 Å². The molecule has 0 aliphatic rings. The van der Waals surface area contributed by atoms with Crippen molar-refractivity contribution in [2.45, 2.75) is 6.10 Å². The first-order valence-corrected chi connectivity index (χ1v) is 4.20. The normalized spacial score (nSPS) is 12.4. The molecule has 1 heterocycles. The predicted molar refractivity (Wildman–Crippen MR) is 52.8 cm³/mol. The summed E-state index contributed by atoms with van der Waals surface area (Å²) in [5, 5.41) is 12.1. The van der Waals surface area contributed by atoms with Crippen LogP contribution >= 0.6 is 0 Å². The zero-order chi connectivity index (χ0) is 10.4. The number of ether oxygens (including phenoxy) is 1. The van der Waals surface area contributed by atoms with Crippen LogP contribution in [-0.2, 0) is 4.74 Å². The Kier molecular flexibility index (Phi) is 4.09. The lowest BCUT2D eigenvalue weighted by atomic mass is 10.4. The molecule has 0 fully saturated rings. The predicted octanol–water partition coefficient (Wildman–Crippen LogP) is -0.522. The van der Waals surface area contributed by atoms with Crippen LogP contribution in [0.3, 0.4) is 0 Å². The molecule has 1 aromatic rings. The highest BCUT2D eigenvalue weighted by Gasteiger charge is 2.03. The van der Waals surface area contributed by atoms with Crippen LogP contribution in [0.2, 0.25) is 0 Å². The second-order valence-electron chi connectivity index (χ2n) is 2.83. The van der Waals surface area contributed by atoms with Crippen LogP contribution in [0.15, 0.2) is 12.4 Å². The second-order valence-corrected chi connectivity index (χ2v) is 2.83. The molecule has 1 aromatic heterocycles. The molecule has 0 aromatic carbocycles. The molecule has 6 nitrogen and oxygen atoms in total. The van der Waals surface area contributed by atoms with Gasteiger partial charge in [0.15, 0.2) is 0 Å². The van der Waals surface area contributed by atoms with Gasteiger partial charge in [-0.1, -0.05) is 0 Å². The smallest absolute Gasteiger partial charge is 0.222 e. The van der Waals surface area contributed by atoms with Gasteiger partial charge in [0.25, 0.3) is 0 Å². The molecular weight excluding hydrogens is 184 g/mol. The van der Waals surface area contributed by atoms with Crippen molar-refractivity contribution in [2.75, 3.05) is 31.3 Å². The lowest BCUT2D eigenvalue weighted by Crippen LogP contribution is -2.24. The number of nitrogens with zero attached hydrogens (tertiary/aromatic N) is 2. The van der Waals surface area contributed by atoms with E-state index in [1.54, 1.807) is 0 Å². The average Bonchev–Trinajstić information content (AvgIpc) is 2.17. The molecule has 78 valence electrons. The molecule has 0 radical (unpaired) electrons. The molecule has 0 aliphatic carbocycles. The third-order valence-corrected chi connectivity index (χ3v) is 1.53. The molecule has 6 heteroatoms. The first kappa shape index (κ1) is 10.7. The van der Waals surface area contributed by atoms with E-state index in [0.717, 1.165) is 0 Å². The van der Waals surface area contributed by atoms with E-state index in [4.69, 9.17) is 10.5 Å². The number of nitrogen functional groups attached to an aromatic ring is 1. The van der Waals surface area contributed by atoms with Gasteiger partial charge in [-0.2, -0.15) is 0 Å². The molecular formula is C8H14N4O2. The van der Waals surface area contributed by atoms with Crippen LogP contribution in [0.5, 0.6) is 0 Å². The van der Waals surface area contributed by atoms with Crippen molar-refractivity contribution < 1.29 is 9.84 Å². The Morgan fingerprint density at radius 2 is 2.21 bits per heavy atom. The minimum absolute atomic E-state index is 0.280. The lowest BCUT2D eigenvalue weighted by molar-refractivity contribution is 0.0726. The molecule has 1 unspecified atom stereocenters. The number of hydrogen-bond donors (Lipinski definition) is 3. The number of methoxy groups -OCH3 is 1. The van der Waals surface area contributed by atoms with Gasteiger partial charge in [-0.3, -0.25) is 0 Å². The molecule has 14 heavy (non-hydrogen) atoms. The Balaban J connectivity index is 2.34. The Morgan fingerprint density at radius 1 is 1.57 bits per heavy atom. The summed E-state index contributed by atoms with van der Waals surface area (Å²) < 4.78 is 4.76. The number of nitrogens with two attached hydrogens (primary N) is 1. The van der Waals surface area contributed by atoms with Crippen molar-refractivity contribution in [2.24, 2.45) is 0 Å². The zero-order valence-electron chi connectivity index (χ0n) is 7.97. The number of aromatic nitrogens is 2. The van der Waals surface area contributed by atoms with Crippen molar-refractivity contribution in [3.8, 4) is 0 Å². The molecule has 1 atom stereocenters. The summed E-state index contributed by atoms with van der Waals surface area (Å²) in [6.45, 7) is 0.625. The van der Waals surface area contributed by atoms with Crippen LogP contribution in [0.4, 0.5) is 11.6 Å². The molecule has 0 saturated carbocycles. The monoisotopic (exact) mass is 198 g/mol. The third-order valence-electron chi connectivity index (χ3n) is 1.53. The van der Waals surface area contributed by atoms with E-state index in [1.807, 2.05) is 0 Å². The van der Waals surface area contributed by atoms with E-state index >= 15 is 0 Å². The molecule has 0 aliphatic heterocycles. The van der Waals surface area contributed by atoms with Crippen LogP contribution in [-0.4, -0.2) is 41.4 Å². The highest BCUT2D eigenvalue weighted by Crippen LogP contribution is 2.00. The Morgan fingerprint density at radius 3 is 2.79 bits per heavy atom. The third kappa shape index (κ3) is 3.55. The van der Waals surface area contributed by atoms with Crippen LogP contribution in [0.25, 0.3) is 0 Å². The largest absolute Gasteiger partial charge is 0.396 e. The van der Waals surface area contributed by atoms with Gasteiger partial charge in [-0.05, 0) is 0 Å². The van der Waals surface area contributed by atoms with E-state index < -0.39 is 6.10 Å². The maximum absolute atomic E-state index is 9.30. The first-order valence-electron chi connectivity index (χ1n) is 4.20. The zero-order valence-corrected chi connectivity index (χ0v) is 7.97. The average molecular weight is 198 g/mol. The number of aliphatic hydroxyl groups excluding tert-OH is 1. The number of aliphatic hydroxyl groups is 1. The van der Waals surface area contributed by atoms with Crippen molar-refractivity contribution in [3.63, 3.8) is 0 Å². The maximum Gasteiger partial charge on any atom is 0.222 e. The molecule has 1 rings (SSSR count). The van der Waals surface area contributed by atoms with E-state index in [9.17, 15) is 5.11 Å². The highest BCUT2D eigenvalue weighted by atomic mass is 16.5. The molecule has 0 spiro atoms. The minimum atomic E-state index is -0.568. The fourth-order valence-electron chi connectivity index (χ4n) is 0.890. The highest BCUT2D eigenvalue weighted by molar-refractivity contribution is 5.35. The van der Waals surface area contributed by atoms with E-state index in [2.05, 4.69) is 15.3 Å². The van der Waals surface area contributed by atoms with Crippen LogP contribution in [0.1, 0.15) is 0 Å². The Hall–Kier alpha value is -1.40. The summed E-state index contributed by atoms with van der Waals surface area (Å²) in [6, 6.07) is 0. The second kappa shape index (κ2) is 5.36. The fraction of sp³-hybridized carbons (Fsp3) is 0.500. The summed E-state index contributed by atoms with van der Waals surface area (Å²) in [7, 11) is 1.53. The Labute approximate surface area is 82.1 Å². The lowest BCUT2D eigenvalue weighted by Gasteiger charge is -2.10. The van der Waals surface area contributed by atoms with Crippen LogP contribution in [0, 0.1) is 0 Å². The van der Waals surface area contributed by atoms with Gasteiger partial charge in [0.2, 0.25) is 5.95 Å². The number of rotatable bonds is 5. The summed E-state index contributed by atoms with van der Waals surface area (Å²) in [5.74, 6) is 0.439. The van der Waals surface area contributed by atoms with Crippen LogP contribution < -0.4 is 11.1 Å². The quantitative estimate of drug-likeness (QED) is 0.589. The van der Waals surface area contributed by atoms with Gasteiger partial charge in [-0.25, -0.2) is 9.97 Å². The van der Waals surface area contributed by atoms with E-state index in [1.165, 1.54) is 19.5 Å². The molecule has 0 bridgehead atoms. The van der Waals surface area contributed by atoms with Gasteiger partial charge >= 0.3 is 0 Å². The van der Waals surface area contributed by atoms with Crippen molar-refractivity contribution in [3.05, 3.63) is 12.4 Å². The summed E-state index contributed by atoms with van der Waals surface area (Å²) in [5.41, 5.74) is 5.92. The molecule has 0 saturated heterocycles. The minimum Gasteiger partial charge on any atom is -0.396 e. The number of anilines is 2. The number of hydrogen-bond acceptors (Lipinski definition) is 6. The van der Waals surface area contributed by atoms with Gasteiger partial charge in [0, 0.05) is 13.7 Å². The first-order chi connectivity index (χ1) is 6.72. The summed E-state index contributed by atoms with van der Waals surface area (Å²) in [4.78, 5) is 7.82. The maximum atomic E-state index is 9.30. The summed E-state index contributed by atoms with van der Waals surface area (Å²) >= 11 is 0. The summed E-state index contributed by atoms with van der Waals surface area (Å²) in [6.07, 6.45) is 2.43. The standard InChI is InChI=1S/C8H14N4O2/c1-14-5-7(13)4-12-8-10-2-6(9)3-11-8/h2-3,7,13H,4-5,9H2,1H3,(H,10,11,12). The molecule has 0 amide bonds. The van der Waals surface area contributed by atoms with E-state index in [-0.39, 0.29) is 6.61 Å².